The third-order valence-electron chi connectivity index (χ3n) is 4.29. The van der Waals surface area contributed by atoms with Gasteiger partial charge in [-0.15, -0.1) is 11.3 Å². The summed E-state index contributed by atoms with van der Waals surface area (Å²) in [4.78, 5) is 32.3. The van der Waals surface area contributed by atoms with Crippen LogP contribution in [0.15, 0.2) is 24.3 Å². The van der Waals surface area contributed by atoms with Gasteiger partial charge in [0.1, 0.15) is 6.54 Å². The second kappa shape index (κ2) is 9.48. The normalized spacial score (nSPS) is 10.6. The molecule has 0 aliphatic heterocycles. The molecule has 0 saturated carbocycles. The summed E-state index contributed by atoms with van der Waals surface area (Å²) in [6.07, 6.45) is 2.76. The topological polar surface area (TPSA) is 62.3 Å². The molecule has 0 saturated heterocycles. The number of thiazole rings is 1. The standard InChI is InChI=1S/C20H27N3O2S/c1-5-7-12-23(19(25)17-10-8-16(6-2)9-11-17)13-18(24)22-20-21-14(3)15(4)26-20/h8-11H,5-7,12-13H2,1-4H3,(H,21,22,24). The number of carbonyl (C=O) groups is 2. The fraction of sp³-hybridized carbons (Fsp3) is 0.450. The number of aromatic nitrogens is 1. The van der Waals surface area contributed by atoms with Crippen molar-refractivity contribution < 1.29 is 9.59 Å². The van der Waals surface area contributed by atoms with Crippen molar-refractivity contribution in [3.05, 3.63) is 46.0 Å². The number of hydrogen-bond donors (Lipinski definition) is 1. The summed E-state index contributed by atoms with van der Waals surface area (Å²) in [5.74, 6) is -0.323. The lowest BCUT2D eigenvalue weighted by Gasteiger charge is -2.22. The van der Waals surface area contributed by atoms with Crippen LogP contribution in [0.5, 0.6) is 0 Å². The summed E-state index contributed by atoms with van der Waals surface area (Å²) in [5, 5.41) is 3.39. The Morgan fingerprint density at radius 1 is 1.15 bits per heavy atom. The van der Waals surface area contributed by atoms with E-state index >= 15 is 0 Å². The largest absolute Gasteiger partial charge is 0.329 e. The minimum atomic E-state index is -0.214. The molecule has 2 aromatic rings. The second-order valence-corrected chi connectivity index (χ2v) is 7.54. The van der Waals surface area contributed by atoms with Crippen molar-refractivity contribution in [2.24, 2.45) is 0 Å². The number of nitrogens with zero attached hydrogens (tertiary/aromatic N) is 2. The second-order valence-electron chi connectivity index (χ2n) is 6.34. The lowest BCUT2D eigenvalue weighted by Crippen LogP contribution is -2.38. The van der Waals surface area contributed by atoms with Gasteiger partial charge in [0.25, 0.3) is 5.91 Å². The summed E-state index contributed by atoms with van der Waals surface area (Å²) in [5.41, 5.74) is 2.72. The van der Waals surface area contributed by atoms with Crippen LogP contribution in [0.25, 0.3) is 0 Å². The first-order valence-electron chi connectivity index (χ1n) is 9.06. The summed E-state index contributed by atoms with van der Waals surface area (Å²) >= 11 is 1.45. The average Bonchev–Trinajstić information content (AvgIpc) is 2.95. The Morgan fingerprint density at radius 3 is 2.38 bits per heavy atom. The fourth-order valence-electron chi connectivity index (χ4n) is 2.53. The summed E-state index contributed by atoms with van der Waals surface area (Å²) in [6.45, 7) is 8.63. The molecule has 1 aromatic carbocycles. The van der Waals surface area contributed by atoms with E-state index in [1.54, 1.807) is 4.90 Å². The molecule has 5 nitrogen and oxygen atoms in total. The highest BCUT2D eigenvalue weighted by Crippen LogP contribution is 2.21. The van der Waals surface area contributed by atoms with Gasteiger partial charge in [0.05, 0.1) is 5.69 Å². The number of hydrogen-bond acceptors (Lipinski definition) is 4. The molecule has 1 heterocycles. The smallest absolute Gasteiger partial charge is 0.254 e. The van der Waals surface area contributed by atoms with Crippen LogP contribution in [-0.4, -0.2) is 34.8 Å². The van der Waals surface area contributed by atoms with Gasteiger partial charge in [0, 0.05) is 17.0 Å². The van der Waals surface area contributed by atoms with E-state index in [1.165, 1.54) is 16.9 Å². The Kier molecular flexibility index (Phi) is 7.33. The lowest BCUT2D eigenvalue weighted by molar-refractivity contribution is -0.116. The van der Waals surface area contributed by atoms with Gasteiger partial charge in [-0.05, 0) is 44.4 Å². The number of anilines is 1. The molecule has 0 bridgehead atoms. The van der Waals surface area contributed by atoms with Crippen molar-refractivity contribution >= 4 is 28.3 Å². The monoisotopic (exact) mass is 373 g/mol. The van der Waals surface area contributed by atoms with Crippen LogP contribution in [0.4, 0.5) is 5.13 Å². The number of amides is 2. The van der Waals surface area contributed by atoms with Crippen LogP contribution in [0.3, 0.4) is 0 Å². The van der Waals surface area contributed by atoms with Crippen LogP contribution in [0.2, 0.25) is 0 Å². The van der Waals surface area contributed by atoms with Crippen molar-refractivity contribution in [3.63, 3.8) is 0 Å². The van der Waals surface area contributed by atoms with E-state index in [1.807, 2.05) is 38.1 Å². The highest BCUT2D eigenvalue weighted by Gasteiger charge is 2.19. The maximum absolute atomic E-state index is 12.8. The predicted octanol–water partition coefficient (Wildman–Crippen LogP) is 4.20. The van der Waals surface area contributed by atoms with Gasteiger partial charge >= 0.3 is 0 Å². The number of aryl methyl sites for hydroxylation is 3. The van der Waals surface area contributed by atoms with Crippen molar-refractivity contribution in [2.75, 3.05) is 18.4 Å². The quantitative estimate of drug-likeness (QED) is 0.754. The van der Waals surface area contributed by atoms with Gasteiger partial charge in [-0.25, -0.2) is 4.98 Å². The number of nitrogens with one attached hydrogen (secondary N) is 1. The van der Waals surface area contributed by atoms with Gasteiger partial charge in [-0.1, -0.05) is 32.4 Å². The minimum absolute atomic E-state index is 0.0338. The van der Waals surface area contributed by atoms with Gasteiger partial charge in [0.15, 0.2) is 5.13 Å². The van der Waals surface area contributed by atoms with Crippen molar-refractivity contribution in [3.8, 4) is 0 Å². The van der Waals surface area contributed by atoms with E-state index in [4.69, 9.17) is 0 Å². The Hall–Kier alpha value is -2.21. The number of rotatable bonds is 8. The van der Waals surface area contributed by atoms with Crippen LogP contribution in [0, 0.1) is 13.8 Å². The summed E-state index contributed by atoms with van der Waals surface area (Å²) in [7, 11) is 0. The molecule has 2 amide bonds. The Bertz CT molecular complexity index is 733. The summed E-state index contributed by atoms with van der Waals surface area (Å²) in [6, 6.07) is 7.61. The number of carbonyl (C=O) groups excluding carboxylic acids is 2. The zero-order chi connectivity index (χ0) is 19.1. The van der Waals surface area contributed by atoms with Crippen LogP contribution in [-0.2, 0) is 11.2 Å². The van der Waals surface area contributed by atoms with E-state index in [-0.39, 0.29) is 18.4 Å². The van der Waals surface area contributed by atoms with Gasteiger partial charge < -0.3 is 10.2 Å². The Balaban J connectivity index is 2.07. The first-order chi connectivity index (χ1) is 12.4. The molecule has 0 unspecified atom stereocenters. The van der Waals surface area contributed by atoms with Crippen LogP contribution in [0.1, 0.15) is 53.2 Å². The minimum Gasteiger partial charge on any atom is -0.329 e. The first kappa shape index (κ1) is 20.1. The number of unbranched alkanes of at least 4 members (excludes halogenated alkanes) is 1. The molecule has 0 atom stereocenters. The van der Waals surface area contributed by atoms with Crippen LogP contribution >= 0.6 is 11.3 Å². The molecular formula is C20H27N3O2S. The molecular weight excluding hydrogens is 346 g/mol. The van der Waals surface area contributed by atoms with E-state index in [2.05, 4.69) is 24.1 Å². The highest BCUT2D eigenvalue weighted by molar-refractivity contribution is 7.15. The third kappa shape index (κ3) is 5.39. The van der Waals surface area contributed by atoms with Gasteiger partial charge in [-0.2, -0.15) is 0 Å². The predicted molar refractivity (Wildman–Crippen MR) is 107 cm³/mol. The van der Waals surface area contributed by atoms with Crippen LogP contribution < -0.4 is 5.32 Å². The Labute approximate surface area is 159 Å². The summed E-state index contributed by atoms with van der Waals surface area (Å²) < 4.78 is 0. The molecule has 0 aliphatic rings. The molecule has 2 rings (SSSR count). The van der Waals surface area contributed by atoms with Gasteiger partial charge in [0.2, 0.25) is 5.91 Å². The Morgan fingerprint density at radius 2 is 1.85 bits per heavy atom. The van der Waals surface area contributed by atoms with E-state index in [9.17, 15) is 9.59 Å². The maximum atomic E-state index is 12.8. The first-order valence-corrected chi connectivity index (χ1v) is 9.88. The van der Waals surface area contributed by atoms with Crippen molar-refractivity contribution in [1.82, 2.24) is 9.88 Å². The fourth-order valence-corrected chi connectivity index (χ4v) is 3.36. The molecule has 0 radical (unpaired) electrons. The molecule has 1 aromatic heterocycles. The van der Waals surface area contributed by atoms with Crippen molar-refractivity contribution in [2.45, 2.75) is 47.0 Å². The SMILES string of the molecule is CCCCN(CC(=O)Nc1nc(C)c(C)s1)C(=O)c1ccc(CC)cc1. The molecule has 26 heavy (non-hydrogen) atoms. The molecule has 0 spiro atoms. The average molecular weight is 374 g/mol. The maximum Gasteiger partial charge on any atom is 0.254 e. The molecule has 0 fully saturated rings. The zero-order valence-electron chi connectivity index (χ0n) is 16.0. The van der Waals surface area contributed by atoms with Crippen molar-refractivity contribution in [1.29, 1.82) is 0 Å². The molecule has 1 N–H and O–H groups in total. The van der Waals surface area contributed by atoms with Gasteiger partial charge in [-0.3, -0.25) is 9.59 Å². The molecule has 6 heteroatoms. The van der Waals surface area contributed by atoms with E-state index < -0.39 is 0 Å². The zero-order valence-corrected chi connectivity index (χ0v) is 16.8. The van der Waals surface area contributed by atoms with E-state index in [0.717, 1.165) is 29.8 Å². The van der Waals surface area contributed by atoms with E-state index in [0.29, 0.717) is 17.2 Å². The lowest BCUT2D eigenvalue weighted by atomic mass is 10.1. The number of benzene rings is 1. The molecule has 140 valence electrons. The highest BCUT2D eigenvalue weighted by atomic mass is 32.1. The molecule has 0 aliphatic carbocycles. The third-order valence-corrected chi connectivity index (χ3v) is 5.28.